The molecule has 0 aromatic heterocycles. The smallest absolute Gasteiger partial charge is 0.144 e. The summed E-state index contributed by atoms with van der Waals surface area (Å²) in [6.45, 7) is 0.270. The van der Waals surface area contributed by atoms with Crippen molar-refractivity contribution in [3.8, 4) is 11.5 Å². The van der Waals surface area contributed by atoms with Gasteiger partial charge in [-0.2, -0.15) is 0 Å². The molecule has 0 saturated carbocycles. The molecule has 0 spiro atoms. The van der Waals surface area contributed by atoms with Crippen LogP contribution in [-0.2, 0) is 17.8 Å². The van der Waals surface area contributed by atoms with Gasteiger partial charge in [0.2, 0.25) is 0 Å². The molecule has 0 aliphatic carbocycles. The second-order valence-corrected chi connectivity index (χ2v) is 8.51. The lowest BCUT2D eigenvalue weighted by Gasteiger charge is -2.10. The number of hydrogen-bond acceptors (Lipinski definition) is 4. The molecule has 4 nitrogen and oxygen atoms in total. The van der Waals surface area contributed by atoms with Gasteiger partial charge in [0.05, 0.1) is 15.6 Å². The second-order valence-electron chi connectivity index (χ2n) is 5.93. The number of halogens is 4. The Morgan fingerprint density at radius 2 is 1.28 bits per heavy atom. The topological polar surface area (TPSA) is 69.9 Å². The highest BCUT2D eigenvalue weighted by molar-refractivity contribution is 9.10. The Hall–Kier alpha value is -1.28. The van der Waals surface area contributed by atoms with Crippen LogP contribution in [0, 0.1) is 0 Å². The minimum absolute atomic E-state index is 0.0971. The number of phenolic OH excluding ortho intramolecular Hbond substituents is 2. The summed E-state index contributed by atoms with van der Waals surface area (Å²) in [5.41, 5.74) is 2.28. The molecule has 3 aromatic rings. The van der Waals surface area contributed by atoms with E-state index in [1.165, 1.54) is 0 Å². The van der Waals surface area contributed by atoms with Gasteiger partial charge in [0, 0.05) is 27.6 Å². The van der Waals surface area contributed by atoms with Crippen molar-refractivity contribution in [3.05, 3.63) is 90.3 Å². The maximum atomic E-state index is 9.98. The fraction of sp³-hybridized carbons (Fsp3) is 0.143. The van der Waals surface area contributed by atoms with Gasteiger partial charge in [0.15, 0.2) is 0 Å². The van der Waals surface area contributed by atoms with E-state index in [9.17, 15) is 10.2 Å². The molecule has 0 radical (unpaired) electrons. The SMILES string of the molecule is OCOCc1ccccc1.Oc1c(Br)cc(Cl)cc1Cc1cc(Cl)cc(Br)c1O. The predicted octanol–water partition coefficient (Wildman–Crippen LogP) is 6.67. The van der Waals surface area contributed by atoms with Crippen LogP contribution in [0.15, 0.2) is 63.5 Å². The number of phenols is 2. The number of benzene rings is 3. The van der Waals surface area contributed by atoms with Crippen molar-refractivity contribution in [2.45, 2.75) is 13.0 Å². The molecule has 8 heteroatoms. The van der Waals surface area contributed by atoms with Crippen LogP contribution in [0.25, 0.3) is 0 Å². The Bertz CT molecular complexity index is 898. The predicted molar refractivity (Wildman–Crippen MR) is 123 cm³/mol. The molecule has 0 amide bonds. The maximum Gasteiger partial charge on any atom is 0.144 e. The number of aliphatic hydroxyl groups is 1. The lowest BCUT2D eigenvalue weighted by Crippen LogP contribution is -1.92. The third-order valence-corrected chi connectivity index (χ3v) is 5.44. The number of hydrogen-bond donors (Lipinski definition) is 3. The van der Waals surface area contributed by atoms with Crippen LogP contribution in [0.2, 0.25) is 10.0 Å². The summed E-state index contributed by atoms with van der Waals surface area (Å²) in [6, 6.07) is 16.2. The molecule has 0 heterocycles. The highest BCUT2D eigenvalue weighted by Crippen LogP contribution is 2.37. The molecular weight excluding hydrogens is 547 g/mol. The van der Waals surface area contributed by atoms with Gasteiger partial charge in [0.1, 0.15) is 18.3 Å². The molecule has 154 valence electrons. The van der Waals surface area contributed by atoms with Crippen LogP contribution in [0.1, 0.15) is 16.7 Å². The minimum Gasteiger partial charge on any atom is -0.506 e. The van der Waals surface area contributed by atoms with Crippen molar-refractivity contribution < 1.29 is 20.1 Å². The van der Waals surface area contributed by atoms with Gasteiger partial charge in [-0.25, -0.2) is 0 Å². The van der Waals surface area contributed by atoms with Crippen molar-refractivity contribution >= 4 is 55.1 Å². The zero-order chi connectivity index (χ0) is 21.4. The standard InChI is InChI=1S/C13H8Br2Cl2O2.C8H10O2/c14-10-4-8(16)2-6(12(10)18)1-7-3-9(17)5-11(15)13(7)19;9-7-10-6-8-4-2-1-3-5-8/h2-5,18-19H,1H2;1-5,9H,6-7H2. The van der Waals surface area contributed by atoms with E-state index in [0.717, 1.165) is 5.56 Å². The molecule has 0 unspecified atom stereocenters. The van der Waals surface area contributed by atoms with Gasteiger partial charge < -0.3 is 20.1 Å². The average Bonchev–Trinajstić information content (AvgIpc) is 2.69. The minimum atomic E-state index is -0.213. The van der Waals surface area contributed by atoms with Gasteiger partial charge in [-0.1, -0.05) is 53.5 Å². The summed E-state index contributed by atoms with van der Waals surface area (Å²) in [7, 11) is 0. The number of aliphatic hydroxyl groups excluding tert-OH is 1. The summed E-state index contributed by atoms with van der Waals surface area (Å²) in [4.78, 5) is 0. The van der Waals surface area contributed by atoms with Gasteiger partial charge >= 0.3 is 0 Å². The van der Waals surface area contributed by atoms with Crippen LogP contribution in [0.4, 0.5) is 0 Å². The van der Waals surface area contributed by atoms with Crippen LogP contribution in [-0.4, -0.2) is 22.1 Å². The molecule has 0 bridgehead atoms. The highest BCUT2D eigenvalue weighted by Gasteiger charge is 2.13. The summed E-state index contributed by atoms with van der Waals surface area (Å²) < 4.78 is 5.79. The van der Waals surface area contributed by atoms with Gasteiger partial charge in [-0.05, 0) is 61.7 Å². The van der Waals surface area contributed by atoms with Crippen molar-refractivity contribution in [1.82, 2.24) is 0 Å². The zero-order valence-corrected chi connectivity index (χ0v) is 19.8. The van der Waals surface area contributed by atoms with Crippen molar-refractivity contribution in [1.29, 1.82) is 0 Å². The Kier molecular flexibility index (Phi) is 9.75. The van der Waals surface area contributed by atoms with E-state index < -0.39 is 0 Å². The van der Waals surface area contributed by atoms with Gasteiger partial charge in [0.25, 0.3) is 0 Å². The molecule has 0 atom stereocenters. The molecular formula is C21H18Br2Cl2O4. The van der Waals surface area contributed by atoms with E-state index in [1.807, 2.05) is 30.3 Å². The van der Waals surface area contributed by atoms with E-state index in [2.05, 4.69) is 31.9 Å². The van der Waals surface area contributed by atoms with Crippen LogP contribution in [0.5, 0.6) is 11.5 Å². The van der Waals surface area contributed by atoms with E-state index in [0.29, 0.717) is 43.1 Å². The number of ether oxygens (including phenoxy) is 1. The molecule has 3 N–H and O–H groups in total. The highest BCUT2D eigenvalue weighted by atomic mass is 79.9. The number of rotatable bonds is 5. The van der Waals surface area contributed by atoms with Crippen LogP contribution in [0.3, 0.4) is 0 Å². The first kappa shape index (κ1) is 24.0. The molecule has 0 saturated heterocycles. The van der Waals surface area contributed by atoms with Crippen molar-refractivity contribution in [2.75, 3.05) is 6.79 Å². The van der Waals surface area contributed by atoms with Crippen LogP contribution < -0.4 is 0 Å². The average molecular weight is 565 g/mol. The van der Waals surface area contributed by atoms with E-state index >= 15 is 0 Å². The molecule has 29 heavy (non-hydrogen) atoms. The van der Waals surface area contributed by atoms with Crippen molar-refractivity contribution in [3.63, 3.8) is 0 Å². The first-order valence-electron chi connectivity index (χ1n) is 8.38. The first-order chi connectivity index (χ1) is 13.8. The molecule has 3 aromatic carbocycles. The van der Waals surface area contributed by atoms with E-state index in [1.54, 1.807) is 24.3 Å². The van der Waals surface area contributed by atoms with Gasteiger partial charge in [-0.15, -0.1) is 0 Å². The quantitative estimate of drug-likeness (QED) is 0.303. The summed E-state index contributed by atoms with van der Waals surface area (Å²) in [5.74, 6) is 0.194. The normalized spacial score (nSPS) is 10.4. The lowest BCUT2D eigenvalue weighted by molar-refractivity contribution is -0.0112. The maximum absolute atomic E-state index is 9.98. The lowest BCUT2D eigenvalue weighted by atomic mass is 10.0. The van der Waals surface area contributed by atoms with Crippen LogP contribution >= 0.6 is 55.1 Å². The summed E-state index contributed by atoms with van der Waals surface area (Å²) in [5, 5.41) is 29.3. The Morgan fingerprint density at radius 3 is 1.72 bits per heavy atom. The fourth-order valence-electron chi connectivity index (χ4n) is 2.45. The molecule has 3 rings (SSSR count). The molecule has 0 fully saturated rings. The summed E-state index contributed by atoms with van der Waals surface area (Å²) >= 11 is 18.4. The Balaban J connectivity index is 0.000000253. The largest absolute Gasteiger partial charge is 0.506 e. The third kappa shape index (κ3) is 7.48. The first-order valence-corrected chi connectivity index (χ1v) is 10.7. The van der Waals surface area contributed by atoms with Crippen molar-refractivity contribution in [2.24, 2.45) is 0 Å². The third-order valence-electron chi connectivity index (χ3n) is 3.80. The molecule has 0 aliphatic rings. The monoisotopic (exact) mass is 562 g/mol. The van der Waals surface area contributed by atoms with E-state index in [4.69, 9.17) is 33.0 Å². The zero-order valence-electron chi connectivity index (χ0n) is 15.1. The molecule has 0 aliphatic heterocycles. The van der Waals surface area contributed by atoms with E-state index in [-0.39, 0.29) is 18.3 Å². The Morgan fingerprint density at radius 1 is 0.793 bits per heavy atom. The summed E-state index contributed by atoms with van der Waals surface area (Å²) in [6.07, 6.45) is 0.315. The van der Waals surface area contributed by atoms with Gasteiger partial charge in [-0.3, -0.25) is 0 Å². The fourth-order valence-corrected chi connectivity index (χ4v) is 4.20. The number of aromatic hydroxyl groups is 2. The second kappa shape index (κ2) is 11.8. The Labute approximate surface area is 195 Å².